The summed E-state index contributed by atoms with van der Waals surface area (Å²) in [6.45, 7) is 0. The van der Waals surface area contributed by atoms with Crippen LogP contribution in [-0.2, 0) is 16.9 Å². The van der Waals surface area contributed by atoms with Crippen molar-refractivity contribution in [2.24, 2.45) is 13.0 Å². The molecule has 1 aliphatic heterocycles. The van der Waals surface area contributed by atoms with Crippen LogP contribution in [0.2, 0.25) is 0 Å². The van der Waals surface area contributed by atoms with Gasteiger partial charge in [0.05, 0.1) is 23.1 Å². The Morgan fingerprint density at radius 2 is 2.40 bits per heavy atom. The summed E-state index contributed by atoms with van der Waals surface area (Å²) < 4.78 is 24.3. The van der Waals surface area contributed by atoms with Gasteiger partial charge in [0.25, 0.3) is 0 Å². The molecule has 0 bridgehead atoms. The van der Waals surface area contributed by atoms with Crippen molar-refractivity contribution in [2.75, 3.05) is 11.5 Å². The van der Waals surface area contributed by atoms with Gasteiger partial charge in [-0.25, -0.2) is 8.42 Å². The quantitative estimate of drug-likeness (QED) is 0.738. The normalized spacial score (nSPS) is 26.7. The van der Waals surface area contributed by atoms with Gasteiger partial charge in [-0.1, -0.05) is 0 Å². The highest BCUT2D eigenvalue weighted by Gasteiger charge is 2.33. The number of nitrogens with zero attached hydrogens (tertiary/aromatic N) is 2. The minimum absolute atomic E-state index is 0.0286. The van der Waals surface area contributed by atoms with Crippen LogP contribution in [0.25, 0.3) is 0 Å². The van der Waals surface area contributed by atoms with Crippen LogP contribution in [0, 0.1) is 5.92 Å². The summed E-state index contributed by atoms with van der Waals surface area (Å²) in [4.78, 5) is 0. The number of halogens is 1. The van der Waals surface area contributed by atoms with E-state index in [1.165, 1.54) is 0 Å². The van der Waals surface area contributed by atoms with Crippen LogP contribution in [-0.4, -0.2) is 29.7 Å². The summed E-state index contributed by atoms with van der Waals surface area (Å²) in [5, 5.41) is 3.79. The summed E-state index contributed by atoms with van der Waals surface area (Å²) in [6.07, 6.45) is 4.19. The lowest BCUT2D eigenvalue weighted by Crippen LogP contribution is -2.09. The van der Waals surface area contributed by atoms with E-state index in [1.807, 2.05) is 13.2 Å². The summed E-state index contributed by atoms with van der Waals surface area (Å²) >= 11 is 6.24. The summed E-state index contributed by atoms with van der Waals surface area (Å²) in [5.74, 6) is 0.498. The fourth-order valence-corrected chi connectivity index (χ4v) is 4.18. The maximum absolute atomic E-state index is 11.3. The summed E-state index contributed by atoms with van der Waals surface area (Å²) in [5.41, 5.74) is 0.904. The summed E-state index contributed by atoms with van der Waals surface area (Å²) in [6, 6.07) is 0. The average molecular weight is 249 g/mol. The highest BCUT2D eigenvalue weighted by Crippen LogP contribution is 2.35. The van der Waals surface area contributed by atoms with E-state index in [0.717, 1.165) is 5.56 Å². The highest BCUT2D eigenvalue weighted by atomic mass is 35.5. The van der Waals surface area contributed by atoms with Gasteiger partial charge in [-0.15, -0.1) is 11.6 Å². The molecule has 15 heavy (non-hydrogen) atoms. The van der Waals surface area contributed by atoms with Crippen LogP contribution in [0.1, 0.15) is 17.4 Å². The molecule has 0 radical (unpaired) electrons. The predicted octanol–water partition coefficient (Wildman–Crippen LogP) is 1.13. The molecule has 84 valence electrons. The van der Waals surface area contributed by atoms with Gasteiger partial charge in [0.15, 0.2) is 9.84 Å². The molecule has 1 saturated heterocycles. The molecule has 0 spiro atoms. The van der Waals surface area contributed by atoms with Crippen LogP contribution in [0.4, 0.5) is 0 Å². The number of hydrogen-bond donors (Lipinski definition) is 0. The zero-order valence-electron chi connectivity index (χ0n) is 8.43. The fourth-order valence-electron chi connectivity index (χ4n) is 1.91. The minimum Gasteiger partial charge on any atom is -0.275 e. The molecule has 4 nitrogen and oxygen atoms in total. The monoisotopic (exact) mass is 248 g/mol. The van der Waals surface area contributed by atoms with E-state index < -0.39 is 9.84 Å². The third-order valence-corrected chi connectivity index (χ3v) is 5.13. The SMILES string of the molecule is Cn1cc(C(Cl)C2CCS(=O)(=O)C2)cn1. The van der Waals surface area contributed by atoms with Gasteiger partial charge in [0.2, 0.25) is 0 Å². The third-order valence-electron chi connectivity index (χ3n) is 2.72. The van der Waals surface area contributed by atoms with E-state index in [4.69, 9.17) is 11.6 Å². The van der Waals surface area contributed by atoms with E-state index in [-0.39, 0.29) is 22.8 Å². The molecule has 2 heterocycles. The van der Waals surface area contributed by atoms with Gasteiger partial charge >= 0.3 is 0 Å². The van der Waals surface area contributed by atoms with Gasteiger partial charge < -0.3 is 0 Å². The van der Waals surface area contributed by atoms with Crippen molar-refractivity contribution in [1.29, 1.82) is 0 Å². The molecule has 2 atom stereocenters. The van der Waals surface area contributed by atoms with E-state index in [2.05, 4.69) is 5.10 Å². The Morgan fingerprint density at radius 1 is 1.67 bits per heavy atom. The predicted molar refractivity (Wildman–Crippen MR) is 58.6 cm³/mol. The molecule has 0 amide bonds. The Morgan fingerprint density at radius 3 is 2.87 bits per heavy atom. The van der Waals surface area contributed by atoms with Gasteiger partial charge in [-0.05, 0) is 12.3 Å². The minimum atomic E-state index is -2.85. The first-order valence-corrected chi connectivity index (χ1v) is 7.07. The van der Waals surface area contributed by atoms with Crippen molar-refractivity contribution in [3.05, 3.63) is 18.0 Å². The first kappa shape index (κ1) is 11.0. The topological polar surface area (TPSA) is 52.0 Å². The third kappa shape index (κ3) is 2.34. The lowest BCUT2D eigenvalue weighted by atomic mass is 10.0. The average Bonchev–Trinajstić information content (AvgIpc) is 2.71. The molecule has 1 aliphatic rings. The molecule has 0 aliphatic carbocycles. The van der Waals surface area contributed by atoms with Crippen molar-refractivity contribution >= 4 is 21.4 Å². The number of sulfone groups is 1. The molecule has 2 unspecified atom stereocenters. The molecule has 1 aromatic heterocycles. The van der Waals surface area contributed by atoms with E-state index in [0.29, 0.717) is 6.42 Å². The Kier molecular flexibility index (Phi) is 2.77. The molecule has 2 rings (SSSR count). The number of aryl methyl sites for hydroxylation is 1. The van der Waals surface area contributed by atoms with Crippen LogP contribution < -0.4 is 0 Å². The van der Waals surface area contributed by atoms with E-state index in [1.54, 1.807) is 10.9 Å². The number of alkyl halides is 1. The van der Waals surface area contributed by atoms with Gasteiger partial charge in [0.1, 0.15) is 0 Å². The largest absolute Gasteiger partial charge is 0.275 e. The number of hydrogen-bond acceptors (Lipinski definition) is 3. The Balaban J connectivity index is 2.13. The molecule has 6 heteroatoms. The van der Waals surface area contributed by atoms with Crippen molar-refractivity contribution in [1.82, 2.24) is 9.78 Å². The molecule has 0 N–H and O–H groups in total. The second-order valence-corrected chi connectivity index (χ2v) is 6.71. The Hall–Kier alpha value is -0.550. The standard InChI is InChI=1S/C9H13ClN2O2S/c1-12-5-8(4-11-12)9(10)7-2-3-15(13,14)6-7/h4-5,7,9H,2-3,6H2,1H3. The smallest absolute Gasteiger partial charge is 0.150 e. The maximum Gasteiger partial charge on any atom is 0.150 e. The molecule has 1 fully saturated rings. The van der Waals surface area contributed by atoms with Crippen molar-refractivity contribution < 1.29 is 8.42 Å². The fraction of sp³-hybridized carbons (Fsp3) is 0.667. The molecular weight excluding hydrogens is 236 g/mol. The van der Waals surface area contributed by atoms with Gasteiger partial charge in [-0.3, -0.25) is 4.68 Å². The van der Waals surface area contributed by atoms with Crippen LogP contribution >= 0.6 is 11.6 Å². The highest BCUT2D eigenvalue weighted by molar-refractivity contribution is 7.91. The number of rotatable bonds is 2. The van der Waals surface area contributed by atoms with Gasteiger partial charge in [0, 0.05) is 18.8 Å². The Bertz CT molecular complexity index is 454. The number of aromatic nitrogens is 2. The van der Waals surface area contributed by atoms with E-state index >= 15 is 0 Å². The first-order valence-electron chi connectivity index (χ1n) is 4.81. The Labute approximate surface area is 94.2 Å². The van der Waals surface area contributed by atoms with Crippen molar-refractivity contribution in [2.45, 2.75) is 11.8 Å². The van der Waals surface area contributed by atoms with Crippen molar-refractivity contribution in [3.63, 3.8) is 0 Å². The molecular formula is C9H13ClN2O2S. The van der Waals surface area contributed by atoms with Gasteiger partial charge in [-0.2, -0.15) is 5.10 Å². The zero-order chi connectivity index (χ0) is 11.1. The second-order valence-electron chi connectivity index (χ2n) is 4.01. The van der Waals surface area contributed by atoms with Crippen LogP contribution in [0.3, 0.4) is 0 Å². The molecule has 0 aromatic carbocycles. The lowest BCUT2D eigenvalue weighted by Gasteiger charge is -2.13. The van der Waals surface area contributed by atoms with Crippen LogP contribution in [0.5, 0.6) is 0 Å². The second kappa shape index (κ2) is 3.79. The molecule has 1 aromatic rings. The zero-order valence-corrected chi connectivity index (χ0v) is 10.0. The summed E-state index contributed by atoms with van der Waals surface area (Å²) in [7, 11) is -1.04. The van der Waals surface area contributed by atoms with E-state index in [9.17, 15) is 8.42 Å². The molecule has 0 saturated carbocycles. The first-order chi connectivity index (χ1) is 6.98. The maximum atomic E-state index is 11.3. The lowest BCUT2D eigenvalue weighted by molar-refractivity contribution is 0.568. The van der Waals surface area contributed by atoms with Crippen LogP contribution in [0.15, 0.2) is 12.4 Å². The van der Waals surface area contributed by atoms with Crippen molar-refractivity contribution in [3.8, 4) is 0 Å².